The van der Waals surface area contributed by atoms with Gasteiger partial charge in [-0.1, -0.05) is 63.2 Å². The van der Waals surface area contributed by atoms with E-state index in [4.69, 9.17) is 58.0 Å². The molecule has 10 nitrogen and oxygen atoms in total. The molecule has 0 atom stereocenters. The maximum Gasteiger partial charge on any atom is 0.417 e. The number of rotatable bonds is 2. The summed E-state index contributed by atoms with van der Waals surface area (Å²) in [5.74, 6) is -0.954. The molecule has 2 rings (SSSR count). The second kappa shape index (κ2) is 5.78. The Kier molecular flexibility index (Phi) is 4.51. The van der Waals surface area contributed by atoms with Crippen molar-refractivity contribution in [1.82, 2.24) is 30.0 Å². The number of nitrogens with zero attached hydrogens (tertiary/aromatic N) is 7. The van der Waals surface area contributed by atoms with Gasteiger partial charge in [-0.15, -0.1) is 9.78 Å². The summed E-state index contributed by atoms with van der Waals surface area (Å²) in [7, 11) is 0. The van der Waals surface area contributed by atoms with E-state index in [9.17, 15) is 14.9 Å². The number of aromatic nitrogens is 6. The van der Waals surface area contributed by atoms with Gasteiger partial charge in [-0.3, -0.25) is 0 Å². The standard InChI is InChI=1S/C7H2Cl5N7O3/c8-6(9,7(10,11)12)3-4(19(21)22)14-16-18(3)5(20)17-2-1-13-15-17/h1-2H. The third-order valence-electron chi connectivity index (χ3n) is 2.28. The van der Waals surface area contributed by atoms with E-state index in [-0.39, 0.29) is 0 Å². The molecule has 0 unspecified atom stereocenters. The highest BCUT2D eigenvalue weighted by atomic mass is 35.6. The molecule has 0 aliphatic carbocycles. The topological polar surface area (TPSA) is 122 Å². The number of carbonyl (C=O) groups is 1. The molecule has 0 aromatic carbocycles. The molecule has 0 saturated heterocycles. The molecule has 22 heavy (non-hydrogen) atoms. The highest BCUT2D eigenvalue weighted by Gasteiger charge is 2.55. The molecule has 0 aliphatic heterocycles. The molecule has 0 aliphatic rings. The molecular formula is C7H2Cl5N7O3. The van der Waals surface area contributed by atoms with Crippen molar-refractivity contribution < 1.29 is 9.72 Å². The van der Waals surface area contributed by atoms with Crippen molar-refractivity contribution in [3.8, 4) is 0 Å². The fourth-order valence-electron chi connectivity index (χ4n) is 1.35. The Bertz CT molecular complexity index is 721. The van der Waals surface area contributed by atoms with Crippen molar-refractivity contribution in [3.63, 3.8) is 0 Å². The first-order valence-electron chi connectivity index (χ1n) is 5.03. The Morgan fingerprint density at radius 2 is 1.86 bits per heavy atom. The molecule has 0 fully saturated rings. The lowest BCUT2D eigenvalue weighted by Gasteiger charge is -2.25. The zero-order chi connectivity index (χ0) is 16.7. The van der Waals surface area contributed by atoms with Gasteiger partial charge in [-0.05, 0) is 4.92 Å². The van der Waals surface area contributed by atoms with Crippen LogP contribution >= 0.6 is 58.0 Å². The fourth-order valence-corrected chi connectivity index (χ4v) is 1.94. The Balaban J connectivity index is 2.68. The minimum atomic E-state index is -2.50. The molecule has 2 aromatic heterocycles. The highest BCUT2D eigenvalue weighted by Crippen LogP contribution is 2.54. The van der Waals surface area contributed by atoms with Gasteiger partial charge in [-0.2, -0.15) is 4.68 Å². The lowest BCUT2D eigenvalue weighted by molar-refractivity contribution is -0.390. The van der Waals surface area contributed by atoms with Crippen molar-refractivity contribution >= 4 is 69.9 Å². The summed E-state index contributed by atoms with van der Waals surface area (Å²) in [6.45, 7) is 0. The molecule has 0 bridgehead atoms. The monoisotopic (exact) mass is 407 g/mol. The molecule has 0 amide bonds. The van der Waals surface area contributed by atoms with Crippen LogP contribution in [0, 0.1) is 10.1 Å². The summed E-state index contributed by atoms with van der Waals surface area (Å²) < 4.78 is -3.83. The van der Waals surface area contributed by atoms with Crippen LogP contribution in [0.15, 0.2) is 12.4 Å². The molecule has 2 aromatic rings. The van der Waals surface area contributed by atoms with Gasteiger partial charge >= 0.3 is 11.8 Å². The highest BCUT2D eigenvalue weighted by molar-refractivity contribution is 6.75. The van der Waals surface area contributed by atoms with Crippen LogP contribution in [-0.2, 0) is 4.33 Å². The Labute approximate surface area is 146 Å². The van der Waals surface area contributed by atoms with Gasteiger partial charge in [-0.25, -0.2) is 4.79 Å². The predicted octanol–water partition coefficient (Wildman–Crippen LogP) is 2.29. The Morgan fingerprint density at radius 3 is 2.32 bits per heavy atom. The van der Waals surface area contributed by atoms with Crippen molar-refractivity contribution in [2.45, 2.75) is 8.13 Å². The minimum absolute atomic E-state index is 0.398. The van der Waals surface area contributed by atoms with Crippen LogP contribution in [-0.4, -0.2) is 44.7 Å². The van der Waals surface area contributed by atoms with Gasteiger partial charge in [0.25, 0.3) is 0 Å². The second-order valence-corrected chi connectivity index (χ2v) is 7.24. The van der Waals surface area contributed by atoms with Crippen LogP contribution in [0.3, 0.4) is 0 Å². The van der Waals surface area contributed by atoms with Gasteiger partial charge in [0, 0.05) is 0 Å². The van der Waals surface area contributed by atoms with E-state index >= 15 is 0 Å². The van der Waals surface area contributed by atoms with Crippen molar-refractivity contribution in [3.05, 3.63) is 28.2 Å². The Hall–Kier alpha value is -1.20. The van der Waals surface area contributed by atoms with E-state index in [1.807, 2.05) is 0 Å². The summed E-state index contributed by atoms with van der Waals surface area (Å²) >= 11 is 28.7. The maximum atomic E-state index is 12.2. The molecular weight excluding hydrogens is 407 g/mol. The maximum absolute atomic E-state index is 12.2. The lowest BCUT2D eigenvalue weighted by atomic mass is 10.3. The van der Waals surface area contributed by atoms with E-state index in [0.29, 0.717) is 9.36 Å². The SMILES string of the molecule is O=C(n1ccnn1)n1nnc([N+](=O)[O-])c1C(Cl)(Cl)C(Cl)(Cl)Cl. The van der Waals surface area contributed by atoms with E-state index in [0.717, 1.165) is 6.20 Å². The average molecular weight is 409 g/mol. The number of nitro groups is 1. The van der Waals surface area contributed by atoms with Crippen LogP contribution in [0.5, 0.6) is 0 Å². The Morgan fingerprint density at radius 1 is 1.23 bits per heavy atom. The lowest BCUT2D eigenvalue weighted by Crippen LogP contribution is -2.35. The molecule has 2 heterocycles. The van der Waals surface area contributed by atoms with Gasteiger partial charge in [0.15, 0.2) is 5.69 Å². The normalized spacial score (nSPS) is 12.4. The van der Waals surface area contributed by atoms with Crippen LogP contribution in [0.2, 0.25) is 0 Å². The first-order chi connectivity index (χ1) is 10.1. The van der Waals surface area contributed by atoms with Crippen LogP contribution in [0.4, 0.5) is 10.6 Å². The van der Waals surface area contributed by atoms with E-state index in [2.05, 4.69) is 20.6 Å². The number of halogens is 5. The van der Waals surface area contributed by atoms with E-state index in [1.54, 1.807) is 0 Å². The first kappa shape index (κ1) is 17.2. The van der Waals surface area contributed by atoms with E-state index < -0.39 is 30.6 Å². The zero-order valence-corrected chi connectivity index (χ0v) is 13.7. The summed E-state index contributed by atoms with van der Waals surface area (Å²) in [5, 5.41) is 24.4. The molecule has 118 valence electrons. The van der Waals surface area contributed by atoms with Gasteiger partial charge in [0.05, 0.1) is 17.6 Å². The number of alkyl halides is 5. The largest absolute Gasteiger partial charge is 0.417 e. The summed E-state index contributed by atoms with van der Waals surface area (Å²) in [6.07, 6.45) is 2.34. The smallest absolute Gasteiger partial charge is 0.358 e. The average Bonchev–Trinajstić information content (AvgIpc) is 3.06. The van der Waals surface area contributed by atoms with Crippen molar-refractivity contribution in [1.29, 1.82) is 0 Å². The van der Waals surface area contributed by atoms with Crippen LogP contribution in [0.1, 0.15) is 5.69 Å². The van der Waals surface area contributed by atoms with Crippen LogP contribution < -0.4 is 0 Å². The van der Waals surface area contributed by atoms with Crippen molar-refractivity contribution in [2.75, 3.05) is 0 Å². The third-order valence-corrected chi connectivity index (χ3v) is 4.63. The molecule has 0 radical (unpaired) electrons. The first-order valence-corrected chi connectivity index (χ1v) is 6.92. The van der Waals surface area contributed by atoms with Gasteiger partial charge < -0.3 is 10.1 Å². The minimum Gasteiger partial charge on any atom is -0.358 e. The van der Waals surface area contributed by atoms with Crippen molar-refractivity contribution in [2.24, 2.45) is 0 Å². The summed E-state index contributed by atoms with van der Waals surface area (Å²) in [6, 6.07) is -1.02. The number of carbonyl (C=O) groups excluding carboxylic acids is 1. The number of hydrogen-bond acceptors (Lipinski definition) is 7. The second-order valence-electron chi connectivity index (χ2n) is 3.63. The molecule has 15 heteroatoms. The van der Waals surface area contributed by atoms with Gasteiger partial charge in [0.1, 0.15) is 5.10 Å². The molecule has 0 spiro atoms. The van der Waals surface area contributed by atoms with Gasteiger partial charge in [0.2, 0.25) is 8.13 Å². The molecule has 0 saturated carbocycles. The summed E-state index contributed by atoms with van der Waals surface area (Å²) in [4.78, 5) is 22.2. The van der Waals surface area contributed by atoms with Crippen LogP contribution in [0.25, 0.3) is 0 Å². The quantitative estimate of drug-likeness (QED) is 0.424. The third kappa shape index (κ3) is 2.84. The fraction of sp³-hybridized carbons (Fsp3) is 0.286. The predicted molar refractivity (Wildman–Crippen MR) is 76.6 cm³/mol. The summed E-state index contributed by atoms with van der Waals surface area (Å²) in [5.41, 5.74) is -0.735. The molecule has 0 N–H and O–H groups in total. The van der Waals surface area contributed by atoms with E-state index in [1.165, 1.54) is 6.20 Å². The zero-order valence-electron chi connectivity index (χ0n) is 9.90. The number of hydrogen-bond donors (Lipinski definition) is 0.